The number of fused-ring (bicyclic) bond motifs is 1. The van der Waals surface area contributed by atoms with Crippen LogP contribution in [0.3, 0.4) is 0 Å². The van der Waals surface area contributed by atoms with Crippen LogP contribution in [0.5, 0.6) is 0 Å². The van der Waals surface area contributed by atoms with Crippen molar-refractivity contribution in [2.24, 2.45) is 14.1 Å². The quantitative estimate of drug-likeness (QED) is 0.464. The van der Waals surface area contributed by atoms with Gasteiger partial charge in [-0.25, -0.2) is 9.78 Å². The van der Waals surface area contributed by atoms with Crippen LogP contribution in [0.1, 0.15) is 17.2 Å². The number of aliphatic hydroxyl groups excluding tert-OH is 1. The molecule has 3 heterocycles. The molecule has 0 radical (unpaired) electrons. The van der Waals surface area contributed by atoms with Gasteiger partial charge in [-0.2, -0.15) is 12.6 Å². The molecule has 0 saturated carbocycles. The van der Waals surface area contributed by atoms with Crippen molar-refractivity contribution >= 4 is 23.8 Å². The maximum absolute atomic E-state index is 12.6. The summed E-state index contributed by atoms with van der Waals surface area (Å²) in [5, 5.41) is 10.9. The lowest BCUT2D eigenvalue weighted by Crippen LogP contribution is -2.49. The number of hydrogen-bond acceptors (Lipinski definition) is 7. The highest BCUT2D eigenvalue weighted by Gasteiger charge is 2.21. The normalized spacial score (nSPS) is 17.5. The number of hydrogen-bond donors (Lipinski definition) is 2. The monoisotopic (exact) mass is 472 g/mol. The fourth-order valence-electron chi connectivity index (χ4n) is 4.46. The van der Waals surface area contributed by atoms with Crippen molar-refractivity contribution in [3.05, 3.63) is 63.1 Å². The minimum atomic E-state index is -0.643. The van der Waals surface area contributed by atoms with Gasteiger partial charge in [0.25, 0.3) is 5.56 Å². The van der Waals surface area contributed by atoms with Crippen molar-refractivity contribution < 1.29 is 5.11 Å². The topological polar surface area (TPSA) is 88.5 Å². The fraction of sp³-hybridized carbons (Fsp3) is 0.522. The Morgan fingerprint density at radius 2 is 1.67 bits per heavy atom. The van der Waals surface area contributed by atoms with E-state index >= 15 is 0 Å². The third-order valence-electron chi connectivity index (χ3n) is 6.46. The Morgan fingerprint density at radius 1 is 1.00 bits per heavy atom. The Bertz CT molecular complexity index is 1200. The number of aromatic nitrogens is 4. The molecule has 1 fully saturated rings. The van der Waals surface area contributed by atoms with Crippen molar-refractivity contribution in [1.29, 1.82) is 0 Å². The first-order valence-corrected chi connectivity index (χ1v) is 11.8. The summed E-state index contributed by atoms with van der Waals surface area (Å²) in [6.45, 7) is 5.47. The molecule has 10 heteroatoms. The van der Waals surface area contributed by atoms with E-state index in [0.29, 0.717) is 17.7 Å². The van der Waals surface area contributed by atoms with Crippen LogP contribution in [-0.2, 0) is 20.6 Å². The lowest BCUT2D eigenvalue weighted by molar-refractivity contribution is 0.0646. The molecule has 0 aliphatic carbocycles. The van der Waals surface area contributed by atoms with Gasteiger partial charge in [0.15, 0.2) is 11.2 Å². The summed E-state index contributed by atoms with van der Waals surface area (Å²) in [6, 6.07) is 10.4. The molecule has 2 unspecified atom stereocenters. The van der Waals surface area contributed by atoms with Gasteiger partial charge in [0.1, 0.15) is 0 Å². The average Bonchev–Trinajstić information content (AvgIpc) is 3.24. The van der Waals surface area contributed by atoms with Gasteiger partial charge >= 0.3 is 5.69 Å². The number of aryl methyl sites for hydroxylation is 1. The summed E-state index contributed by atoms with van der Waals surface area (Å²) in [5.41, 5.74) is 1.11. The molecule has 9 nitrogen and oxygen atoms in total. The van der Waals surface area contributed by atoms with Crippen molar-refractivity contribution in [3.8, 4) is 0 Å². The molecule has 1 N–H and O–H groups in total. The number of piperazine rings is 1. The second-order valence-electron chi connectivity index (χ2n) is 8.79. The second kappa shape index (κ2) is 10.3. The zero-order valence-electron chi connectivity index (χ0n) is 19.2. The summed E-state index contributed by atoms with van der Waals surface area (Å²) in [4.78, 5) is 33.6. The van der Waals surface area contributed by atoms with E-state index in [9.17, 15) is 14.7 Å². The van der Waals surface area contributed by atoms with Gasteiger partial charge in [-0.1, -0.05) is 30.3 Å². The Morgan fingerprint density at radius 3 is 2.36 bits per heavy atom. The van der Waals surface area contributed by atoms with Gasteiger partial charge in [-0.3, -0.25) is 18.8 Å². The summed E-state index contributed by atoms with van der Waals surface area (Å²) in [6.07, 6.45) is 1.88. The highest BCUT2D eigenvalue weighted by Crippen LogP contribution is 2.23. The van der Waals surface area contributed by atoms with E-state index in [1.54, 1.807) is 11.6 Å². The molecule has 0 bridgehead atoms. The van der Waals surface area contributed by atoms with E-state index in [1.807, 2.05) is 18.2 Å². The van der Waals surface area contributed by atoms with Crippen LogP contribution in [0.4, 0.5) is 0 Å². The molecule has 4 rings (SSSR count). The lowest BCUT2D eigenvalue weighted by atomic mass is 10.1. The standard InChI is InChI=1S/C23H32N6O3S/c1-25-21-20(22(31)26(2)23(25)32)29(16-24-21)15-18(30)14-28-12-10-27(11-13-28)9-8-19(33)17-6-4-3-5-7-17/h3-7,16,18-19,30,33H,8-15H2,1-2H3. The zero-order chi connectivity index (χ0) is 23.5. The number of rotatable bonds is 8. The first kappa shape index (κ1) is 23.7. The highest BCUT2D eigenvalue weighted by molar-refractivity contribution is 7.80. The molecule has 0 amide bonds. The van der Waals surface area contributed by atoms with E-state index < -0.39 is 17.4 Å². The fourth-order valence-corrected chi connectivity index (χ4v) is 4.75. The van der Waals surface area contributed by atoms with Crippen molar-refractivity contribution in [2.45, 2.75) is 24.3 Å². The molecular formula is C23H32N6O3S. The van der Waals surface area contributed by atoms with Gasteiger partial charge in [0, 0.05) is 52.1 Å². The molecule has 1 aliphatic heterocycles. The van der Waals surface area contributed by atoms with E-state index in [4.69, 9.17) is 12.6 Å². The maximum atomic E-state index is 12.6. The minimum Gasteiger partial charge on any atom is -0.390 e. The van der Waals surface area contributed by atoms with E-state index in [0.717, 1.165) is 43.7 Å². The van der Waals surface area contributed by atoms with Crippen LogP contribution in [0.25, 0.3) is 11.2 Å². The van der Waals surface area contributed by atoms with Gasteiger partial charge < -0.3 is 14.6 Å². The third kappa shape index (κ3) is 5.24. The number of thiol groups is 1. The number of nitrogens with zero attached hydrogens (tertiary/aromatic N) is 6. The molecule has 2 atom stereocenters. The molecule has 2 aromatic heterocycles. The van der Waals surface area contributed by atoms with Crippen LogP contribution in [-0.4, -0.2) is 79.0 Å². The lowest BCUT2D eigenvalue weighted by Gasteiger charge is -2.36. The molecule has 3 aromatic rings. The molecule has 178 valence electrons. The first-order valence-electron chi connectivity index (χ1n) is 11.3. The Hall–Kier alpha value is -2.40. The number of aliphatic hydroxyl groups is 1. The van der Waals surface area contributed by atoms with Crippen LogP contribution < -0.4 is 11.2 Å². The smallest absolute Gasteiger partial charge is 0.332 e. The average molecular weight is 473 g/mol. The molecule has 1 aliphatic rings. The number of imidazole rings is 1. The van der Waals surface area contributed by atoms with E-state index in [2.05, 4.69) is 26.9 Å². The molecule has 1 saturated heterocycles. The molecule has 1 aromatic carbocycles. The van der Waals surface area contributed by atoms with Gasteiger partial charge in [0.2, 0.25) is 0 Å². The molecule has 33 heavy (non-hydrogen) atoms. The van der Waals surface area contributed by atoms with Gasteiger partial charge in [-0.05, 0) is 18.5 Å². The third-order valence-corrected chi connectivity index (χ3v) is 7.02. The van der Waals surface area contributed by atoms with E-state index in [1.165, 1.54) is 23.5 Å². The van der Waals surface area contributed by atoms with Crippen LogP contribution in [0, 0.1) is 0 Å². The van der Waals surface area contributed by atoms with Crippen LogP contribution in [0.2, 0.25) is 0 Å². The largest absolute Gasteiger partial charge is 0.390 e. The molecule has 0 spiro atoms. The van der Waals surface area contributed by atoms with Crippen LogP contribution in [0.15, 0.2) is 46.2 Å². The number of β-amino-alcohol motifs (C(OH)–C–C–N with tert-alkyl or cyclic N) is 1. The predicted octanol–water partition coefficient (Wildman–Crippen LogP) is 0.473. The summed E-state index contributed by atoms with van der Waals surface area (Å²) >= 11 is 4.75. The van der Waals surface area contributed by atoms with E-state index in [-0.39, 0.29) is 11.8 Å². The van der Waals surface area contributed by atoms with Crippen molar-refractivity contribution in [3.63, 3.8) is 0 Å². The summed E-state index contributed by atoms with van der Waals surface area (Å²) in [5.74, 6) is 0. The second-order valence-corrected chi connectivity index (χ2v) is 9.41. The number of benzene rings is 1. The Labute approximate surface area is 198 Å². The Kier molecular flexibility index (Phi) is 7.38. The van der Waals surface area contributed by atoms with Crippen molar-refractivity contribution in [1.82, 2.24) is 28.5 Å². The zero-order valence-corrected chi connectivity index (χ0v) is 20.1. The predicted molar refractivity (Wildman–Crippen MR) is 132 cm³/mol. The summed E-state index contributed by atoms with van der Waals surface area (Å²) < 4.78 is 4.07. The van der Waals surface area contributed by atoms with Crippen molar-refractivity contribution in [2.75, 3.05) is 39.3 Å². The summed E-state index contributed by atoms with van der Waals surface area (Å²) in [7, 11) is 3.04. The maximum Gasteiger partial charge on any atom is 0.332 e. The van der Waals surface area contributed by atoms with Gasteiger partial charge in [-0.15, -0.1) is 0 Å². The highest BCUT2D eigenvalue weighted by atomic mass is 32.1. The molecular weight excluding hydrogens is 440 g/mol. The first-order chi connectivity index (χ1) is 15.8. The SMILES string of the molecule is Cn1c(=O)c2c(ncn2CC(O)CN2CCN(CCC(S)c3ccccc3)CC2)n(C)c1=O. The minimum absolute atomic E-state index is 0.239. The van der Waals surface area contributed by atoms with Crippen LogP contribution >= 0.6 is 12.6 Å². The Balaban J connectivity index is 1.28. The van der Waals surface area contributed by atoms with Gasteiger partial charge in [0.05, 0.1) is 19.0 Å².